The first-order chi connectivity index (χ1) is 16.8. The van der Waals surface area contributed by atoms with E-state index < -0.39 is 35.0 Å². The SMILES string of the molecule is CC[C@H]1COCC2c3nc(c(O)c(=O)n31)C(=O)CCc1ccc(F)cc1OCC/C=C/C(=O)N2C. The molecule has 0 aliphatic carbocycles. The van der Waals surface area contributed by atoms with E-state index in [0.717, 1.165) is 0 Å². The van der Waals surface area contributed by atoms with Crippen LogP contribution >= 0.6 is 0 Å². The minimum absolute atomic E-state index is 0.0828. The van der Waals surface area contributed by atoms with Crippen molar-refractivity contribution in [2.75, 3.05) is 26.9 Å². The monoisotopic (exact) mass is 485 g/mol. The van der Waals surface area contributed by atoms with E-state index in [2.05, 4.69) is 4.98 Å². The van der Waals surface area contributed by atoms with Crippen LogP contribution in [-0.4, -0.2) is 58.1 Å². The molecule has 2 atom stereocenters. The molecule has 0 saturated heterocycles. The van der Waals surface area contributed by atoms with Gasteiger partial charge < -0.3 is 19.5 Å². The highest BCUT2D eigenvalue weighted by Gasteiger charge is 2.34. The number of nitrogens with zero attached hydrogens (tertiary/aromatic N) is 3. The fourth-order valence-corrected chi connectivity index (χ4v) is 4.30. The minimum Gasteiger partial charge on any atom is -0.501 e. The summed E-state index contributed by atoms with van der Waals surface area (Å²) in [5, 5.41) is 10.7. The lowest BCUT2D eigenvalue weighted by atomic mass is 10.0. The molecule has 2 aliphatic rings. The number of ketones is 1. The summed E-state index contributed by atoms with van der Waals surface area (Å²) in [5.74, 6) is -1.62. The molecule has 1 aromatic heterocycles. The number of ether oxygens (including phenoxy) is 2. The number of fused-ring (bicyclic) bond motifs is 2. The number of hydrogen-bond donors (Lipinski definition) is 1. The predicted molar refractivity (Wildman–Crippen MR) is 124 cm³/mol. The van der Waals surface area contributed by atoms with E-state index in [-0.39, 0.29) is 50.1 Å². The van der Waals surface area contributed by atoms with Crippen molar-refractivity contribution in [2.45, 2.75) is 44.7 Å². The zero-order chi connectivity index (χ0) is 25.1. The van der Waals surface area contributed by atoms with Crippen molar-refractivity contribution in [2.24, 2.45) is 0 Å². The summed E-state index contributed by atoms with van der Waals surface area (Å²) < 4.78 is 26.6. The summed E-state index contributed by atoms with van der Waals surface area (Å²) in [6.45, 7) is 2.37. The van der Waals surface area contributed by atoms with E-state index in [1.54, 1.807) is 13.1 Å². The van der Waals surface area contributed by atoms with Crippen LogP contribution in [0, 0.1) is 5.82 Å². The van der Waals surface area contributed by atoms with Gasteiger partial charge in [0.05, 0.1) is 25.9 Å². The maximum Gasteiger partial charge on any atom is 0.296 e. The maximum absolute atomic E-state index is 13.8. The number of rotatable bonds is 1. The van der Waals surface area contributed by atoms with Gasteiger partial charge in [0.15, 0.2) is 11.5 Å². The number of benzene rings is 1. The van der Waals surface area contributed by atoms with Crippen molar-refractivity contribution in [3.8, 4) is 11.5 Å². The first-order valence-electron chi connectivity index (χ1n) is 11.6. The summed E-state index contributed by atoms with van der Waals surface area (Å²) in [6, 6.07) is 2.91. The van der Waals surface area contributed by atoms with Gasteiger partial charge in [-0.1, -0.05) is 19.1 Å². The van der Waals surface area contributed by atoms with Crippen molar-refractivity contribution in [3.63, 3.8) is 0 Å². The molecule has 35 heavy (non-hydrogen) atoms. The van der Waals surface area contributed by atoms with Crippen molar-refractivity contribution < 1.29 is 28.6 Å². The topological polar surface area (TPSA) is 111 Å². The van der Waals surface area contributed by atoms with E-state index in [9.17, 15) is 23.9 Å². The Morgan fingerprint density at radius 1 is 1.20 bits per heavy atom. The van der Waals surface area contributed by atoms with Gasteiger partial charge in [-0.2, -0.15) is 0 Å². The molecule has 2 aliphatic heterocycles. The lowest BCUT2D eigenvalue weighted by molar-refractivity contribution is -0.128. The molecule has 3 heterocycles. The maximum atomic E-state index is 13.8. The third kappa shape index (κ3) is 4.97. The van der Waals surface area contributed by atoms with Crippen LogP contribution in [0.2, 0.25) is 0 Å². The Hall–Kier alpha value is -3.53. The Bertz CT molecular complexity index is 1220. The van der Waals surface area contributed by atoms with Gasteiger partial charge in [0.2, 0.25) is 11.7 Å². The summed E-state index contributed by atoms with van der Waals surface area (Å²) >= 11 is 0. The Labute approximate surface area is 201 Å². The molecule has 4 rings (SSSR count). The number of hydrogen-bond acceptors (Lipinski definition) is 7. The van der Waals surface area contributed by atoms with E-state index in [4.69, 9.17) is 9.47 Å². The number of carbonyl (C=O) groups is 2. The van der Waals surface area contributed by atoms with Crippen LogP contribution in [0.25, 0.3) is 0 Å². The Morgan fingerprint density at radius 2 is 2.00 bits per heavy atom. The van der Waals surface area contributed by atoms with Gasteiger partial charge in [0, 0.05) is 19.5 Å². The number of likely N-dealkylation sites (N-methyl/N-ethyl adjacent to an activating group) is 1. The van der Waals surface area contributed by atoms with Gasteiger partial charge in [-0.25, -0.2) is 9.37 Å². The molecule has 186 valence electrons. The lowest BCUT2D eigenvalue weighted by Crippen LogP contribution is -2.38. The molecular formula is C25H28FN3O6. The highest BCUT2D eigenvalue weighted by molar-refractivity contribution is 5.96. The number of carbonyl (C=O) groups excluding carboxylic acids is 2. The lowest BCUT2D eigenvalue weighted by Gasteiger charge is -2.27. The highest BCUT2D eigenvalue weighted by Crippen LogP contribution is 2.29. The number of halogens is 1. The molecule has 0 spiro atoms. The molecule has 2 bridgehead atoms. The van der Waals surface area contributed by atoms with Crippen molar-refractivity contribution in [1.82, 2.24) is 14.5 Å². The van der Waals surface area contributed by atoms with Crippen molar-refractivity contribution in [1.29, 1.82) is 0 Å². The highest BCUT2D eigenvalue weighted by atomic mass is 19.1. The minimum atomic E-state index is -0.746. The Kier molecular flexibility index (Phi) is 7.30. The van der Waals surface area contributed by atoms with Crippen LogP contribution in [-0.2, 0) is 16.0 Å². The molecule has 0 radical (unpaired) electrons. The third-order valence-electron chi connectivity index (χ3n) is 6.37. The molecule has 1 N–H and O–H groups in total. The number of aryl methyl sites for hydroxylation is 1. The Morgan fingerprint density at radius 3 is 2.77 bits per heavy atom. The predicted octanol–water partition coefficient (Wildman–Crippen LogP) is 2.72. The van der Waals surface area contributed by atoms with E-state index >= 15 is 0 Å². The van der Waals surface area contributed by atoms with E-state index in [1.165, 1.54) is 33.7 Å². The fraction of sp³-hybridized carbons (Fsp3) is 0.440. The first-order valence-corrected chi connectivity index (χ1v) is 11.6. The molecule has 1 aromatic carbocycles. The number of aromatic hydroxyl groups is 1. The van der Waals surface area contributed by atoms with Crippen molar-refractivity contribution in [3.05, 3.63) is 63.6 Å². The molecule has 1 unspecified atom stereocenters. The molecule has 10 heteroatoms. The first kappa shape index (κ1) is 24.6. The second-order valence-electron chi connectivity index (χ2n) is 8.62. The number of Topliss-reactive ketones (excluding diaryl/α,β-unsaturated/α-hetero) is 1. The molecule has 2 aromatic rings. The zero-order valence-electron chi connectivity index (χ0n) is 19.7. The summed E-state index contributed by atoms with van der Waals surface area (Å²) in [4.78, 5) is 45.1. The van der Waals surface area contributed by atoms with Crippen LogP contribution < -0.4 is 10.3 Å². The fourth-order valence-electron chi connectivity index (χ4n) is 4.30. The normalized spacial score (nSPS) is 22.2. The molecule has 0 saturated carbocycles. The van der Waals surface area contributed by atoms with Crippen LogP contribution in [0.1, 0.15) is 60.1 Å². The molecule has 1 amide bonds. The average Bonchev–Trinajstić information content (AvgIpc) is 3.03. The van der Waals surface area contributed by atoms with E-state index in [0.29, 0.717) is 24.2 Å². The van der Waals surface area contributed by atoms with Crippen LogP contribution in [0.3, 0.4) is 0 Å². The number of amides is 1. The summed E-state index contributed by atoms with van der Waals surface area (Å²) in [5.41, 5.74) is -0.491. The molecule has 0 fully saturated rings. The largest absolute Gasteiger partial charge is 0.501 e. The summed E-state index contributed by atoms with van der Waals surface area (Å²) in [7, 11) is 1.57. The van der Waals surface area contributed by atoms with Gasteiger partial charge >= 0.3 is 0 Å². The molecule has 9 nitrogen and oxygen atoms in total. The van der Waals surface area contributed by atoms with Gasteiger partial charge in [-0.15, -0.1) is 0 Å². The second-order valence-corrected chi connectivity index (χ2v) is 8.62. The van der Waals surface area contributed by atoms with Gasteiger partial charge in [-0.05, 0) is 37.0 Å². The second kappa shape index (κ2) is 10.4. The van der Waals surface area contributed by atoms with E-state index in [1.807, 2.05) is 6.92 Å². The van der Waals surface area contributed by atoms with Gasteiger partial charge in [0.25, 0.3) is 5.56 Å². The standard InChI is InChI=1S/C25H28FN3O6/c1-3-17-13-34-14-18-24-27-22(23(32)25(33)29(17)24)19(30)10-8-15-7-9-16(26)12-20(15)35-11-5-4-6-21(31)28(18)2/h4,6-7,9,12,17-18,32H,3,5,8,10-11,13-14H2,1-2H3/b6-4+/t17-,18?/m0/s1. The van der Waals surface area contributed by atoms with Crippen LogP contribution in [0.4, 0.5) is 4.39 Å². The van der Waals surface area contributed by atoms with Gasteiger partial charge in [-0.3, -0.25) is 19.0 Å². The van der Waals surface area contributed by atoms with Gasteiger partial charge in [0.1, 0.15) is 23.4 Å². The third-order valence-corrected chi connectivity index (χ3v) is 6.37. The summed E-state index contributed by atoms with van der Waals surface area (Å²) in [6.07, 6.45) is 4.09. The van der Waals surface area contributed by atoms with Crippen molar-refractivity contribution >= 4 is 11.7 Å². The van der Waals surface area contributed by atoms with Crippen LogP contribution in [0.5, 0.6) is 11.5 Å². The smallest absolute Gasteiger partial charge is 0.296 e. The Balaban J connectivity index is 1.84. The average molecular weight is 486 g/mol. The molecular weight excluding hydrogens is 457 g/mol. The zero-order valence-corrected chi connectivity index (χ0v) is 19.7. The van der Waals surface area contributed by atoms with Crippen LogP contribution in [0.15, 0.2) is 35.1 Å². The quantitative estimate of drug-likeness (QED) is 0.661. The number of aromatic nitrogens is 2.